The van der Waals surface area contributed by atoms with Gasteiger partial charge in [-0.3, -0.25) is 0 Å². The predicted octanol–water partition coefficient (Wildman–Crippen LogP) is 4.41. The number of aryl methyl sites for hydroxylation is 1. The van der Waals surface area contributed by atoms with Crippen LogP contribution in [0, 0.1) is 6.92 Å². The largest absolute Gasteiger partial charge is 0.453 e. The van der Waals surface area contributed by atoms with Crippen molar-refractivity contribution in [3.05, 3.63) is 46.7 Å². The number of para-hydroxylation sites is 1. The number of rotatable bonds is 2. The van der Waals surface area contributed by atoms with Gasteiger partial charge in [0.25, 0.3) is 0 Å². The van der Waals surface area contributed by atoms with E-state index in [1.54, 1.807) is 0 Å². The number of fused-ring (bicyclic) bond motifs is 1. The maximum atomic E-state index is 6.19. The van der Waals surface area contributed by atoms with Crippen LogP contribution in [0.15, 0.2) is 34.7 Å². The number of benzene rings is 1. The van der Waals surface area contributed by atoms with E-state index in [2.05, 4.69) is 9.97 Å². The van der Waals surface area contributed by atoms with Crippen molar-refractivity contribution in [2.24, 2.45) is 0 Å². The summed E-state index contributed by atoms with van der Waals surface area (Å²) in [6.07, 6.45) is 0.824. The Balaban J connectivity index is 2.16. The number of aromatic nitrogens is 2. The van der Waals surface area contributed by atoms with E-state index in [-0.39, 0.29) is 0 Å². The highest BCUT2D eigenvalue weighted by molar-refractivity contribution is 6.30. The summed E-state index contributed by atoms with van der Waals surface area (Å²) < 4.78 is 5.75. The summed E-state index contributed by atoms with van der Waals surface area (Å²) in [6, 6.07) is 9.77. The van der Waals surface area contributed by atoms with E-state index in [1.165, 1.54) is 0 Å². The minimum absolute atomic E-state index is 0.505. The first-order valence-corrected chi connectivity index (χ1v) is 6.58. The first-order chi connectivity index (χ1) is 9.19. The van der Waals surface area contributed by atoms with Crippen molar-refractivity contribution in [1.29, 1.82) is 0 Å². The summed E-state index contributed by atoms with van der Waals surface area (Å²) in [5, 5.41) is 1.54. The maximum absolute atomic E-state index is 6.19. The third kappa shape index (κ3) is 2.10. The molecule has 0 aliphatic rings. The molecule has 2 aromatic heterocycles. The van der Waals surface area contributed by atoms with Gasteiger partial charge in [-0.05, 0) is 25.5 Å². The van der Waals surface area contributed by atoms with Gasteiger partial charge in [0.05, 0.1) is 0 Å². The molecule has 0 atom stereocenters. The number of hydrogen-bond acceptors (Lipinski definition) is 3. The van der Waals surface area contributed by atoms with E-state index in [9.17, 15) is 0 Å². The molecule has 3 aromatic rings. The second kappa shape index (κ2) is 4.67. The van der Waals surface area contributed by atoms with Crippen LogP contribution in [0.25, 0.3) is 22.6 Å². The smallest absolute Gasteiger partial charge is 0.197 e. The topological polar surface area (TPSA) is 38.9 Å². The van der Waals surface area contributed by atoms with Crippen molar-refractivity contribution < 1.29 is 4.42 Å². The fourth-order valence-electron chi connectivity index (χ4n) is 2.17. The molecule has 19 heavy (non-hydrogen) atoms. The van der Waals surface area contributed by atoms with Crippen LogP contribution in [0.3, 0.4) is 0 Å². The van der Waals surface area contributed by atoms with Crippen molar-refractivity contribution in [2.75, 3.05) is 0 Å². The third-order valence-electron chi connectivity index (χ3n) is 3.16. The van der Waals surface area contributed by atoms with Gasteiger partial charge < -0.3 is 4.42 Å². The van der Waals surface area contributed by atoms with Crippen molar-refractivity contribution >= 4 is 22.6 Å². The zero-order chi connectivity index (χ0) is 13.4. The molecule has 3 nitrogen and oxygen atoms in total. The van der Waals surface area contributed by atoms with E-state index in [4.69, 9.17) is 16.0 Å². The van der Waals surface area contributed by atoms with E-state index >= 15 is 0 Å². The Hall–Kier alpha value is -1.87. The molecule has 0 N–H and O–H groups in total. The van der Waals surface area contributed by atoms with Crippen LogP contribution in [0.5, 0.6) is 0 Å². The summed E-state index contributed by atoms with van der Waals surface area (Å²) in [4.78, 5) is 8.81. The highest BCUT2D eigenvalue weighted by Gasteiger charge is 2.13. The van der Waals surface area contributed by atoms with Crippen LogP contribution in [0.2, 0.25) is 5.15 Å². The van der Waals surface area contributed by atoms with Crippen LogP contribution >= 0.6 is 11.6 Å². The lowest BCUT2D eigenvalue weighted by Crippen LogP contribution is -1.98. The molecule has 3 rings (SSSR count). The van der Waals surface area contributed by atoms with Crippen molar-refractivity contribution in [2.45, 2.75) is 20.3 Å². The fourth-order valence-corrected chi connectivity index (χ4v) is 2.52. The van der Waals surface area contributed by atoms with Crippen LogP contribution < -0.4 is 0 Å². The molecular weight excluding hydrogens is 260 g/mol. The van der Waals surface area contributed by atoms with E-state index < -0.39 is 0 Å². The second-order valence-corrected chi connectivity index (χ2v) is 4.76. The summed E-state index contributed by atoms with van der Waals surface area (Å²) >= 11 is 6.19. The highest BCUT2D eigenvalue weighted by Crippen LogP contribution is 2.27. The van der Waals surface area contributed by atoms with Crippen molar-refractivity contribution in [3.63, 3.8) is 0 Å². The third-order valence-corrected chi connectivity index (χ3v) is 3.48. The van der Waals surface area contributed by atoms with Crippen LogP contribution in [-0.2, 0) is 6.42 Å². The molecule has 0 fully saturated rings. The average molecular weight is 273 g/mol. The average Bonchev–Trinajstić information content (AvgIpc) is 2.82. The van der Waals surface area contributed by atoms with Gasteiger partial charge in [-0.1, -0.05) is 36.7 Å². The van der Waals surface area contributed by atoms with Gasteiger partial charge in [-0.2, -0.15) is 0 Å². The van der Waals surface area contributed by atoms with Gasteiger partial charge in [-0.15, -0.1) is 0 Å². The van der Waals surface area contributed by atoms with Gasteiger partial charge in [0, 0.05) is 16.6 Å². The Kier molecular flexibility index (Phi) is 2.99. The summed E-state index contributed by atoms with van der Waals surface area (Å²) in [7, 11) is 0. The normalized spacial score (nSPS) is 11.1. The molecule has 2 heterocycles. The van der Waals surface area contributed by atoms with Crippen LogP contribution in [0.1, 0.15) is 18.2 Å². The Morgan fingerprint density at radius 1 is 1.21 bits per heavy atom. The maximum Gasteiger partial charge on any atom is 0.197 e. The number of nitrogens with zero attached hydrogens (tertiary/aromatic N) is 2. The lowest BCUT2D eigenvalue weighted by atomic mass is 10.2. The van der Waals surface area contributed by atoms with Gasteiger partial charge in [0.15, 0.2) is 11.6 Å². The zero-order valence-electron chi connectivity index (χ0n) is 10.8. The SMILES string of the molecule is CCc1c(C)nc(-c2cc3ccccc3o2)nc1Cl. The van der Waals surface area contributed by atoms with E-state index in [0.29, 0.717) is 16.7 Å². The van der Waals surface area contributed by atoms with Crippen molar-refractivity contribution in [1.82, 2.24) is 9.97 Å². The summed E-state index contributed by atoms with van der Waals surface area (Å²) in [5.74, 6) is 1.18. The van der Waals surface area contributed by atoms with E-state index in [1.807, 2.05) is 44.2 Å². The Labute approximate surface area is 116 Å². The molecule has 0 unspecified atom stereocenters. The molecular formula is C15H13ClN2O. The predicted molar refractivity (Wildman–Crippen MR) is 76.4 cm³/mol. The minimum Gasteiger partial charge on any atom is -0.453 e. The van der Waals surface area contributed by atoms with E-state index in [0.717, 1.165) is 28.6 Å². The lowest BCUT2D eigenvalue weighted by molar-refractivity contribution is 0.624. The Bertz CT molecular complexity index is 693. The fraction of sp³-hybridized carbons (Fsp3) is 0.200. The molecule has 0 spiro atoms. The summed E-state index contributed by atoms with van der Waals surface area (Å²) in [6.45, 7) is 3.98. The molecule has 1 aromatic carbocycles. The zero-order valence-corrected chi connectivity index (χ0v) is 11.5. The molecule has 4 heteroatoms. The molecule has 0 saturated carbocycles. The van der Waals surface area contributed by atoms with Gasteiger partial charge in [0.1, 0.15) is 10.7 Å². The first kappa shape index (κ1) is 12.2. The second-order valence-electron chi connectivity index (χ2n) is 4.40. The molecule has 0 radical (unpaired) electrons. The number of halogens is 1. The van der Waals surface area contributed by atoms with Crippen LogP contribution in [0.4, 0.5) is 0 Å². The standard InChI is InChI=1S/C15H13ClN2O/c1-3-11-9(2)17-15(18-14(11)16)13-8-10-6-4-5-7-12(10)19-13/h4-8H,3H2,1-2H3. The van der Waals surface area contributed by atoms with Crippen LogP contribution in [-0.4, -0.2) is 9.97 Å². The molecule has 0 saturated heterocycles. The number of hydrogen-bond donors (Lipinski definition) is 0. The monoisotopic (exact) mass is 272 g/mol. The van der Waals surface area contributed by atoms with Crippen molar-refractivity contribution in [3.8, 4) is 11.6 Å². The first-order valence-electron chi connectivity index (χ1n) is 6.21. The molecule has 0 aliphatic heterocycles. The van der Waals surface area contributed by atoms with Gasteiger partial charge >= 0.3 is 0 Å². The highest BCUT2D eigenvalue weighted by atomic mass is 35.5. The minimum atomic E-state index is 0.505. The quantitative estimate of drug-likeness (QED) is 0.649. The number of furan rings is 1. The lowest BCUT2D eigenvalue weighted by Gasteiger charge is -2.05. The Morgan fingerprint density at radius 2 is 2.00 bits per heavy atom. The van der Waals surface area contributed by atoms with Gasteiger partial charge in [0.2, 0.25) is 0 Å². The molecule has 0 bridgehead atoms. The molecule has 0 aliphatic carbocycles. The Morgan fingerprint density at radius 3 is 2.68 bits per heavy atom. The summed E-state index contributed by atoms with van der Waals surface area (Å²) in [5.41, 5.74) is 2.72. The molecule has 96 valence electrons. The molecule has 0 amide bonds. The van der Waals surface area contributed by atoms with Gasteiger partial charge in [-0.25, -0.2) is 9.97 Å².